The smallest absolute Gasteiger partial charge is 0.161 e. The Morgan fingerprint density at radius 3 is 2.70 bits per heavy atom. The van der Waals surface area contributed by atoms with E-state index in [4.69, 9.17) is 4.98 Å². The number of pyridine rings is 3. The van der Waals surface area contributed by atoms with E-state index in [0.29, 0.717) is 33.5 Å². The van der Waals surface area contributed by atoms with E-state index in [0.717, 1.165) is 16.8 Å². The number of fused-ring (bicyclic) bond motifs is 2. The van der Waals surface area contributed by atoms with Crippen LogP contribution in [0.2, 0.25) is 0 Å². The first kappa shape index (κ1) is 16.9. The fourth-order valence-electron chi connectivity index (χ4n) is 3.51. The van der Waals surface area contributed by atoms with Crippen LogP contribution >= 0.6 is 11.3 Å². The lowest BCUT2D eigenvalue weighted by atomic mass is 10.1. The van der Waals surface area contributed by atoms with Gasteiger partial charge in [-0.05, 0) is 29.6 Å². The molecular weight excluding hydrogens is 401 g/mol. The highest BCUT2D eigenvalue weighted by Gasteiger charge is 2.21. The van der Waals surface area contributed by atoms with Crippen molar-refractivity contribution in [3.8, 4) is 34.0 Å². The van der Waals surface area contributed by atoms with Crippen LogP contribution in [0.3, 0.4) is 0 Å². The molecule has 0 aliphatic heterocycles. The van der Waals surface area contributed by atoms with Crippen molar-refractivity contribution in [3.05, 3.63) is 65.6 Å². The highest BCUT2D eigenvalue weighted by molar-refractivity contribution is 7.08. The van der Waals surface area contributed by atoms with Gasteiger partial charge in [-0.25, -0.2) is 9.37 Å². The minimum Gasteiger partial charge on any atom is -0.336 e. The summed E-state index contributed by atoms with van der Waals surface area (Å²) in [6.07, 6.45) is 6.51. The van der Waals surface area contributed by atoms with Gasteiger partial charge in [0.05, 0.1) is 28.3 Å². The van der Waals surface area contributed by atoms with Gasteiger partial charge in [-0.15, -0.1) is 0 Å². The fourth-order valence-corrected chi connectivity index (χ4v) is 4.15. The predicted molar refractivity (Wildman–Crippen MR) is 113 cm³/mol. The third-order valence-corrected chi connectivity index (χ3v) is 5.58. The number of H-pyrrole nitrogens is 2. The maximum absolute atomic E-state index is 15.5. The summed E-state index contributed by atoms with van der Waals surface area (Å²) in [4.78, 5) is 20.7. The number of hydrogen-bond acceptors (Lipinski definition) is 6. The van der Waals surface area contributed by atoms with Gasteiger partial charge >= 0.3 is 0 Å². The van der Waals surface area contributed by atoms with E-state index >= 15 is 4.39 Å². The van der Waals surface area contributed by atoms with Crippen LogP contribution in [0.4, 0.5) is 4.39 Å². The van der Waals surface area contributed by atoms with E-state index in [2.05, 4.69) is 30.1 Å². The Morgan fingerprint density at radius 1 is 0.900 bits per heavy atom. The van der Waals surface area contributed by atoms with Crippen LogP contribution in [-0.2, 0) is 0 Å². The third kappa shape index (κ3) is 2.52. The lowest BCUT2D eigenvalue weighted by molar-refractivity contribution is 0.638. The van der Waals surface area contributed by atoms with Crippen molar-refractivity contribution in [2.45, 2.75) is 0 Å². The average Bonchev–Trinajstić information content (AvgIpc) is 3.53. The zero-order chi connectivity index (χ0) is 20.1. The van der Waals surface area contributed by atoms with Crippen molar-refractivity contribution in [2.24, 2.45) is 0 Å². The molecule has 6 aromatic heterocycles. The minimum atomic E-state index is -0.471. The molecule has 0 spiro atoms. The van der Waals surface area contributed by atoms with Crippen LogP contribution in [0, 0.1) is 5.82 Å². The van der Waals surface area contributed by atoms with Crippen LogP contribution in [0.1, 0.15) is 0 Å². The molecule has 6 rings (SSSR count). The number of hydrogen-bond donors (Lipinski definition) is 2. The normalized spacial score (nSPS) is 11.5. The molecule has 0 saturated carbocycles. The van der Waals surface area contributed by atoms with Crippen LogP contribution in [0.5, 0.6) is 0 Å². The molecule has 0 atom stereocenters. The number of rotatable bonds is 3. The SMILES string of the molecule is Fc1c(-c2cccnc2)ncc2[nH]nc(-c3nc4c(-c5ccsc5)nccc4[nH]3)c12. The van der Waals surface area contributed by atoms with Crippen molar-refractivity contribution in [1.82, 2.24) is 35.1 Å². The van der Waals surface area contributed by atoms with Gasteiger partial charge in [-0.3, -0.25) is 20.1 Å². The Balaban J connectivity index is 1.57. The molecule has 0 aromatic carbocycles. The monoisotopic (exact) mass is 413 g/mol. The molecule has 7 nitrogen and oxygen atoms in total. The maximum Gasteiger partial charge on any atom is 0.161 e. The number of thiophene rings is 1. The second-order valence-electron chi connectivity index (χ2n) is 6.68. The summed E-state index contributed by atoms with van der Waals surface area (Å²) >= 11 is 1.59. The van der Waals surface area contributed by atoms with E-state index in [9.17, 15) is 0 Å². The Bertz CT molecular complexity index is 1500. The second-order valence-corrected chi connectivity index (χ2v) is 7.46. The quantitative estimate of drug-likeness (QED) is 0.433. The summed E-state index contributed by atoms with van der Waals surface area (Å²) in [6, 6.07) is 7.35. The first-order valence-corrected chi connectivity index (χ1v) is 10.0. The molecule has 0 radical (unpaired) electrons. The Hall–Kier alpha value is -3.98. The second kappa shape index (κ2) is 6.53. The van der Waals surface area contributed by atoms with E-state index in [1.54, 1.807) is 48.3 Å². The van der Waals surface area contributed by atoms with Crippen molar-refractivity contribution in [1.29, 1.82) is 0 Å². The zero-order valence-corrected chi connectivity index (χ0v) is 16.1. The van der Waals surface area contributed by atoms with Gasteiger partial charge in [-0.2, -0.15) is 16.4 Å². The molecule has 144 valence electrons. The van der Waals surface area contributed by atoms with Crippen LogP contribution in [-0.4, -0.2) is 35.1 Å². The molecule has 0 aliphatic rings. The summed E-state index contributed by atoms with van der Waals surface area (Å²) in [5.74, 6) is -0.0103. The molecule has 9 heteroatoms. The van der Waals surface area contributed by atoms with Gasteiger partial charge in [0.15, 0.2) is 11.6 Å². The Labute approximate surface area is 172 Å². The molecule has 0 saturated heterocycles. The molecule has 0 unspecified atom stereocenters. The summed E-state index contributed by atoms with van der Waals surface area (Å²) in [6.45, 7) is 0. The van der Waals surface area contributed by atoms with Crippen molar-refractivity contribution in [3.63, 3.8) is 0 Å². The van der Waals surface area contributed by atoms with E-state index in [1.807, 2.05) is 22.9 Å². The number of halogens is 1. The number of aromatic amines is 2. The molecule has 0 bridgehead atoms. The van der Waals surface area contributed by atoms with Crippen molar-refractivity contribution in [2.75, 3.05) is 0 Å². The van der Waals surface area contributed by atoms with E-state index < -0.39 is 5.82 Å². The molecular formula is C21H12FN7S. The third-order valence-electron chi connectivity index (χ3n) is 4.90. The van der Waals surface area contributed by atoms with Crippen LogP contribution in [0.25, 0.3) is 56.0 Å². The first-order chi connectivity index (χ1) is 14.8. The largest absolute Gasteiger partial charge is 0.336 e. The summed E-state index contributed by atoms with van der Waals surface area (Å²) in [7, 11) is 0. The highest BCUT2D eigenvalue weighted by Crippen LogP contribution is 2.33. The summed E-state index contributed by atoms with van der Waals surface area (Å²) < 4.78 is 15.5. The maximum atomic E-state index is 15.5. The van der Waals surface area contributed by atoms with Crippen molar-refractivity contribution >= 4 is 33.3 Å². The van der Waals surface area contributed by atoms with Gasteiger partial charge in [0.1, 0.15) is 16.9 Å². The lowest BCUT2D eigenvalue weighted by Crippen LogP contribution is -1.92. The first-order valence-electron chi connectivity index (χ1n) is 9.10. The number of nitrogens with zero attached hydrogens (tertiary/aromatic N) is 5. The Kier molecular flexibility index (Phi) is 3.68. The summed E-state index contributed by atoms with van der Waals surface area (Å²) in [5.41, 5.74) is 4.98. The molecule has 0 aliphatic carbocycles. The minimum absolute atomic E-state index is 0.218. The van der Waals surface area contributed by atoms with E-state index in [1.165, 1.54) is 0 Å². The average molecular weight is 413 g/mol. The molecule has 6 heterocycles. The standard InChI is InChI=1S/C21H12FN7S/c22-16-15-14(9-25-17(16)11-2-1-5-23-8-11)28-29-20(15)21-26-13-3-6-24-18(19(13)27-21)12-4-7-30-10-12/h1-10H,(H,26,27)(H,28,29). The molecule has 2 N–H and O–H groups in total. The van der Waals surface area contributed by atoms with Gasteiger partial charge in [0, 0.05) is 35.1 Å². The van der Waals surface area contributed by atoms with Crippen LogP contribution < -0.4 is 0 Å². The van der Waals surface area contributed by atoms with Crippen molar-refractivity contribution < 1.29 is 4.39 Å². The predicted octanol–water partition coefficient (Wildman–Crippen LogP) is 4.83. The number of nitrogens with one attached hydrogen (secondary N) is 2. The molecule has 0 fully saturated rings. The molecule has 0 amide bonds. The van der Waals surface area contributed by atoms with E-state index in [-0.39, 0.29) is 5.69 Å². The molecule has 30 heavy (non-hydrogen) atoms. The lowest BCUT2D eigenvalue weighted by Gasteiger charge is -2.03. The summed E-state index contributed by atoms with van der Waals surface area (Å²) in [5, 5.41) is 11.5. The fraction of sp³-hybridized carbons (Fsp3) is 0. The number of imidazole rings is 1. The van der Waals surface area contributed by atoms with Gasteiger partial charge in [-0.1, -0.05) is 0 Å². The van der Waals surface area contributed by atoms with Gasteiger partial charge in [0.2, 0.25) is 0 Å². The zero-order valence-electron chi connectivity index (χ0n) is 15.3. The topological polar surface area (TPSA) is 96.0 Å². The molecule has 6 aromatic rings. The van der Waals surface area contributed by atoms with Crippen LogP contribution in [0.15, 0.2) is 59.8 Å². The highest BCUT2D eigenvalue weighted by atomic mass is 32.1. The van der Waals surface area contributed by atoms with Gasteiger partial charge in [0.25, 0.3) is 0 Å². The number of aromatic nitrogens is 7. The Morgan fingerprint density at radius 2 is 1.87 bits per heavy atom. The van der Waals surface area contributed by atoms with Gasteiger partial charge < -0.3 is 4.98 Å².